The van der Waals surface area contributed by atoms with E-state index in [1.807, 2.05) is 73.7 Å². The van der Waals surface area contributed by atoms with Crippen molar-refractivity contribution >= 4 is 17.5 Å². The van der Waals surface area contributed by atoms with E-state index in [1.54, 1.807) is 12.1 Å². The molecule has 0 unspecified atom stereocenters. The van der Waals surface area contributed by atoms with Crippen LogP contribution in [0.25, 0.3) is 11.5 Å². The van der Waals surface area contributed by atoms with Crippen LogP contribution >= 0.6 is 11.6 Å². The van der Waals surface area contributed by atoms with Crippen LogP contribution in [0.1, 0.15) is 33.4 Å². The zero-order chi connectivity index (χ0) is 20.2. The molecule has 1 amide bonds. The van der Waals surface area contributed by atoms with E-state index in [4.69, 9.17) is 16.0 Å². The van der Waals surface area contributed by atoms with Gasteiger partial charge < -0.3 is 9.73 Å². The maximum atomic E-state index is 13.0. The summed E-state index contributed by atoms with van der Waals surface area (Å²) in [5.74, 6) is 0.397. The lowest BCUT2D eigenvalue weighted by Crippen LogP contribution is -2.30. The zero-order valence-electron chi connectivity index (χ0n) is 15.7. The average molecular weight is 404 g/mol. The molecule has 5 nitrogen and oxygen atoms in total. The fourth-order valence-corrected chi connectivity index (χ4v) is 3.31. The summed E-state index contributed by atoms with van der Waals surface area (Å²) >= 11 is 6.41. The van der Waals surface area contributed by atoms with Crippen molar-refractivity contribution in [3.63, 3.8) is 0 Å². The summed E-state index contributed by atoms with van der Waals surface area (Å²) in [4.78, 5) is 13.0. The number of benzene rings is 3. The maximum Gasteiger partial charge on any atom is 0.252 e. The highest BCUT2D eigenvalue weighted by molar-refractivity contribution is 6.31. The molecule has 3 aromatic carbocycles. The smallest absolute Gasteiger partial charge is 0.252 e. The molecule has 0 aliphatic heterocycles. The maximum absolute atomic E-state index is 13.0. The fourth-order valence-electron chi connectivity index (χ4n) is 3.07. The molecule has 4 aromatic rings. The Morgan fingerprint density at radius 1 is 0.931 bits per heavy atom. The third kappa shape index (κ3) is 4.05. The van der Waals surface area contributed by atoms with Gasteiger partial charge in [-0.25, -0.2) is 0 Å². The van der Waals surface area contributed by atoms with Crippen molar-refractivity contribution in [2.24, 2.45) is 0 Å². The first kappa shape index (κ1) is 18.9. The van der Waals surface area contributed by atoms with Crippen LogP contribution in [0.2, 0.25) is 5.02 Å². The van der Waals surface area contributed by atoms with Crippen molar-refractivity contribution in [2.45, 2.75) is 13.0 Å². The van der Waals surface area contributed by atoms with Crippen molar-refractivity contribution < 1.29 is 9.21 Å². The first-order valence-electron chi connectivity index (χ1n) is 9.13. The Bertz CT molecular complexity index is 1140. The minimum absolute atomic E-state index is 0.243. The molecule has 1 heterocycles. The Labute approximate surface area is 173 Å². The molecule has 0 saturated carbocycles. The molecule has 0 saturated heterocycles. The van der Waals surface area contributed by atoms with Crippen LogP contribution in [0.3, 0.4) is 0 Å². The summed E-state index contributed by atoms with van der Waals surface area (Å²) in [7, 11) is 0. The Balaban J connectivity index is 1.72. The summed E-state index contributed by atoms with van der Waals surface area (Å²) in [6.07, 6.45) is 0. The summed E-state index contributed by atoms with van der Waals surface area (Å²) in [5.41, 5.74) is 2.93. The van der Waals surface area contributed by atoms with E-state index < -0.39 is 6.04 Å². The molecule has 0 aliphatic carbocycles. The third-order valence-electron chi connectivity index (χ3n) is 4.59. The molecule has 1 atom stereocenters. The molecule has 6 heteroatoms. The van der Waals surface area contributed by atoms with Crippen molar-refractivity contribution in [3.8, 4) is 11.5 Å². The van der Waals surface area contributed by atoms with Gasteiger partial charge in [0.1, 0.15) is 6.04 Å². The lowest BCUT2D eigenvalue weighted by molar-refractivity contribution is 0.0937. The fraction of sp³-hybridized carbons (Fsp3) is 0.0870. The first-order valence-corrected chi connectivity index (χ1v) is 9.51. The summed E-state index contributed by atoms with van der Waals surface area (Å²) < 4.78 is 5.91. The Hall–Kier alpha value is -3.44. The normalized spacial score (nSPS) is 11.8. The van der Waals surface area contributed by atoms with Crippen LogP contribution < -0.4 is 5.32 Å². The number of nitrogens with one attached hydrogen (secondary N) is 1. The number of aryl methyl sites for hydroxylation is 1. The molecular weight excluding hydrogens is 386 g/mol. The standard InChI is InChI=1S/C23H18ClN3O2/c1-15-9-5-6-12-17(15)21(28)25-20(18-13-7-8-14-19(18)24)23-27-26-22(29-23)16-10-3-2-4-11-16/h2-14,20H,1H3,(H,25,28)/t20-/m1/s1. The molecule has 4 rings (SSSR count). The van der Waals surface area contributed by atoms with E-state index in [1.165, 1.54) is 0 Å². The quantitative estimate of drug-likeness (QED) is 0.496. The van der Waals surface area contributed by atoms with Gasteiger partial charge in [-0.1, -0.05) is 66.2 Å². The van der Waals surface area contributed by atoms with E-state index in [2.05, 4.69) is 15.5 Å². The van der Waals surface area contributed by atoms with Crippen LogP contribution in [-0.4, -0.2) is 16.1 Å². The second kappa shape index (κ2) is 8.29. The summed E-state index contributed by atoms with van der Waals surface area (Å²) in [5, 5.41) is 11.8. The van der Waals surface area contributed by atoms with E-state index in [0.29, 0.717) is 22.0 Å². The zero-order valence-corrected chi connectivity index (χ0v) is 16.4. The van der Waals surface area contributed by atoms with Gasteiger partial charge in [-0.15, -0.1) is 10.2 Å². The molecule has 1 aromatic heterocycles. The lowest BCUT2D eigenvalue weighted by atomic mass is 10.0. The van der Waals surface area contributed by atoms with E-state index in [0.717, 1.165) is 11.1 Å². The highest BCUT2D eigenvalue weighted by Gasteiger charge is 2.26. The molecule has 0 aliphatic rings. The molecule has 29 heavy (non-hydrogen) atoms. The number of hydrogen-bond donors (Lipinski definition) is 1. The van der Waals surface area contributed by atoms with Crippen LogP contribution in [0.4, 0.5) is 0 Å². The van der Waals surface area contributed by atoms with Crippen molar-refractivity contribution in [2.75, 3.05) is 0 Å². The van der Waals surface area contributed by atoms with E-state index in [9.17, 15) is 4.79 Å². The largest absolute Gasteiger partial charge is 0.418 e. The minimum atomic E-state index is -0.680. The van der Waals surface area contributed by atoms with Crippen molar-refractivity contribution in [1.82, 2.24) is 15.5 Å². The number of aromatic nitrogens is 2. The Kier molecular flexibility index (Phi) is 5.40. The molecule has 0 fully saturated rings. The van der Waals surface area contributed by atoms with Gasteiger partial charge in [0.05, 0.1) is 0 Å². The molecule has 0 radical (unpaired) electrons. The third-order valence-corrected chi connectivity index (χ3v) is 4.93. The minimum Gasteiger partial charge on any atom is -0.418 e. The van der Waals surface area contributed by atoms with Gasteiger partial charge in [-0.05, 0) is 36.8 Å². The van der Waals surface area contributed by atoms with Crippen LogP contribution in [0.5, 0.6) is 0 Å². The monoisotopic (exact) mass is 403 g/mol. The van der Waals surface area contributed by atoms with Gasteiger partial charge in [0.2, 0.25) is 11.8 Å². The van der Waals surface area contributed by atoms with Gasteiger partial charge in [-0.3, -0.25) is 4.79 Å². The molecule has 0 spiro atoms. The molecule has 144 valence electrons. The van der Waals surface area contributed by atoms with Gasteiger partial charge >= 0.3 is 0 Å². The molecular formula is C23H18ClN3O2. The van der Waals surface area contributed by atoms with Gasteiger partial charge in [0.15, 0.2) is 0 Å². The number of hydrogen-bond acceptors (Lipinski definition) is 4. The number of rotatable bonds is 5. The number of carbonyl (C=O) groups excluding carboxylic acids is 1. The number of amides is 1. The van der Waals surface area contributed by atoms with E-state index in [-0.39, 0.29) is 11.8 Å². The second-order valence-corrected chi connectivity index (χ2v) is 6.96. The van der Waals surface area contributed by atoms with Crippen LogP contribution in [0, 0.1) is 6.92 Å². The van der Waals surface area contributed by atoms with Crippen molar-refractivity contribution in [3.05, 3.63) is 106 Å². The van der Waals surface area contributed by atoms with E-state index >= 15 is 0 Å². The van der Waals surface area contributed by atoms with Crippen molar-refractivity contribution in [1.29, 1.82) is 0 Å². The topological polar surface area (TPSA) is 68.0 Å². The van der Waals surface area contributed by atoms with Gasteiger partial charge in [0.25, 0.3) is 5.91 Å². The summed E-state index contributed by atoms with van der Waals surface area (Å²) in [6.45, 7) is 1.89. The SMILES string of the molecule is Cc1ccccc1C(=O)N[C@@H](c1nnc(-c2ccccc2)o1)c1ccccc1Cl. The van der Waals surface area contributed by atoms with Gasteiger partial charge in [0, 0.05) is 21.7 Å². The average Bonchev–Trinajstić information content (AvgIpc) is 3.23. The number of nitrogens with zero attached hydrogens (tertiary/aromatic N) is 2. The predicted molar refractivity (Wildman–Crippen MR) is 112 cm³/mol. The molecule has 0 bridgehead atoms. The lowest BCUT2D eigenvalue weighted by Gasteiger charge is -2.17. The highest BCUT2D eigenvalue weighted by atomic mass is 35.5. The van der Waals surface area contributed by atoms with Crippen LogP contribution in [0.15, 0.2) is 83.3 Å². The first-order chi connectivity index (χ1) is 14.1. The van der Waals surface area contributed by atoms with Crippen LogP contribution in [-0.2, 0) is 0 Å². The number of halogens is 1. The summed E-state index contributed by atoms with van der Waals surface area (Å²) in [6, 6.07) is 23.4. The number of carbonyl (C=O) groups is 1. The van der Waals surface area contributed by atoms with Gasteiger partial charge in [-0.2, -0.15) is 0 Å². The second-order valence-electron chi connectivity index (χ2n) is 6.55. The molecule has 1 N–H and O–H groups in total. The Morgan fingerprint density at radius 3 is 2.38 bits per heavy atom. The Morgan fingerprint density at radius 2 is 1.62 bits per heavy atom. The predicted octanol–water partition coefficient (Wildman–Crippen LogP) is 5.22. The highest BCUT2D eigenvalue weighted by Crippen LogP contribution is 2.30.